The van der Waals surface area contributed by atoms with E-state index in [0.29, 0.717) is 43.0 Å². The van der Waals surface area contributed by atoms with Crippen molar-refractivity contribution in [3.05, 3.63) is 64.1 Å². The van der Waals surface area contributed by atoms with E-state index < -0.39 is 11.8 Å². The fourth-order valence-corrected chi connectivity index (χ4v) is 4.90. The van der Waals surface area contributed by atoms with Crippen LogP contribution in [0.3, 0.4) is 0 Å². The molecule has 168 valence electrons. The Kier molecular flexibility index (Phi) is 6.37. The molecule has 0 bridgehead atoms. The number of aliphatic carboxylic acids is 1. The number of halogens is 2. The summed E-state index contributed by atoms with van der Waals surface area (Å²) in [4.78, 5) is 24.0. The van der Waals surface area contributed by atoms with Gasteiger partial charge in [-0.2, -0.15) is 0 Å². The Bertz CT molecular complexity index is 1190. The van der Waals surface area contributed by atoms with Crippen molar-refractivity contribution in [2.45, 2.75) is 44.7 Å². The van der Waals surface area contributed by atoms with Crippen LogP contribution >= 0.6 is 11.6 Å². The predicted octanol–water partition coefficient (Wildman–Crippen LogP) is 4.13. The minimum absolute atomic E-state index is 0.0668. The minimum Gasteiger partial charge on any atom is -0.496 e. The Hall–Kier alpha value is -3.06. The molecule has 0 saturated carbocycles. The van der Waals surface area contributed by atoms with Gasteiger partial charge in [-0.1, -0.05) is 29.8 Å². The molecular weight excluding hydrogens is 435 g/mol. The zero-order chi connectivity index (χ0) is 22.8. The quantitative estimate of drug-likeness (QED) is 0.557. The van der Waals surface area contributed by atoms with E-state index in [4.69, 9.17) is 16.3 Å². The number of fused-ring (bicyclic) bond motifs is 3. The summed E-state index contributed by atoms with van der Waals surface area (Å²) in [5.41, 5.74) is 3.19. The maximum absolute atomic E-state index is 14.1. The summed E-state index contributed by atoms with van der Waals surface area (Å²) >= 11 is 6.28. The summed E-state index contributed by atoms with van der Waals surface area (Å²) in [6, 6.07) is 10.1. The second-order valence-corrected chi connectivity index (χ2v) is 8.42. The Balaban J connectivity index is 1.52. The highest BCUT2D eigenvalue weighted by molar-refractivity contribution is 6.35. The Labute approximate surface area is 189 Å². The summed E-state index contributed by atoms with van der Waals surface area (Å²) in [6.07, 6.45) is 2.63. The van der Waals surface area contributed by atoms with Crippen molar-refractivity contribution in [3.8, 4) is 5.75 Å². The molecule has 0 unspecified atom stereocenters. The van der Waals surface area contributed by atoms with E-state index in [2.05, 4.69) is 5.32 Å². The van der Waals surface area contributed by atoms with Crippen LogP contribution in [0.25, 0.3) is 10.9 Å². The standard InChI is InChI=1S/C24H24ClFN2O4/c1-32-21-5-3-2-4-14(21)6-9-22(29)27-16-7-8-20-17(12-16)18-10-15(26)11-19(25)24(18)28(20)13-23(30)31/h2-5,10-11,16H,6-9,12-13H2,1H3,(H,27,29)(H,30,31)/t16-/m1/s1. The number of carboxylic acid groups (broad SMARTS) is 1. The molecule has 0 fully saturated rings. The van der Waals surface area contributed by atoms with Crippen LogP contribution in [0.5, 0.6) is 5.75 Å². The minimum atomic E-state index is -0.989. The Morgan fingerprint density at radius 3 is 2.84 bits per heavy atom. The zero-order valence-electron chi connectivity index (χ0n) is 17.7. The molecule has 0 saturated heterocycles. The number of rotatable bonds is 7. The van der Waals surface area contributed by atoms with Gasteiger partial charge in [0.05, 0.1) is 17.6 Å². The normalized spacial score (nSPS) is 15.4. The highest BCUT2D eigenvalue weighted by Crippen LogP contribution is 2.36. The van der Waals surface area contributed by atoms with Crippen LogP contribution in [0, 0.1) is 5.82 Å². The number of carbonyl (C=O) groups excluding carboxylic acids is 1. The van der Waals surface area contributed by atoms with Crippen molar-refractivity contribution in [1.82, 2.24) is 9.88 Å². The number of methoxy groups -OCH3 is 1. The number of aryl methyl sites for hydroxylation is 1. The van der Waals surface area contributed by atoms with Gasteiger partial charge in [0.2, 0.25) is 5.91 Å². The van der Waals surface area contributed by atoms with Crippen LogP contribution in [-0.2, 0) is 35.4 Å². The third kappa shape index (κ3) is 4.43. The third-order valence-electron chi connectivity index (χ3n) is 5.95. The third-order valence-corrected chi connectivity index (χ3v) is 6.24. The molecule has 0 radical (unpaired) electrons. The van der Waals surface area contributed by atoms with E-state index in [-0.39, 0.29) is 23.5 Å². The van der Waals surface area contributed by atoms with Crippen LogP contribution in [0.1, 0.15) is 29.7 Å². The van der Waals surface area contributed by atoms with Crippen molar-refractivity contribution in [1.29, 1.82) is 0 Å². The Morgan fingerprint density at radius 1 is 1.31 bits per heavy atom. The molecule has 4 rings (SSSR count). The van der Waals surface area contributed by atoms with Gasteiger partial charge in [-0.3, -0.25) is 9.59 Å². The average molecular weight is 459 g/mol. The maximum atomic E-state index is 14.1. The lowest BCUT2D eigenvalue weighted by atomic mass is 9.91. The van der Waals surface area contributed by atoms with Gasteiger partial charge in [-0.25, -0.2) is 4.39 Å². The van der Waals surface area contributed by atoms with Crippen LogP contribution in [0.4, 0.5) is 4.39 Å². The topological polar surface area (TPSA) is 80.6 Å². The van der Waals surface area contributed by atoms with Gasteiger partial charge in [0.1, 0.15) is 18.1 Å². The molecule has 1 aromatic heterocycles. The van der Waals surface area contributed by atoms with Crippen LogP contribution in [0.2, 0.25) is 5.02 Å². The molecule has 0 aliphatic heterocycles. The van der Waals surface area contributed by atoms with E-state index in [1.165, 1.54) is 12.1 Å². The second-order valence-electron chi connectivity index (χ2n) is 8.01. The van der Waals surface area contributed by atoms with Crippen molar-refractivity contribution in [2.24, 2.45) is 0 Å². The van der Waals surface area contributed by atoms with E-state index in [0.717, 1.165) is 22.6 Å². The number of para-hydroxylation sites is 1. The van der Waals surface area contributed by atoms with Gasteiger partial charge in [0, 0.05) is 23.5 Å². The van der Waals surface area contributed by atoms with Crippen LogP contribution in [0.15, 0.2) is 36.4 Å². The zero-order valence-corrected chi connectivity index (χ0v) is 18.4. The number of nitrogens with one attached hydrogen (secondary N) is 1. The first-order valence-corrected chi connectivity index (χ1v) is 10.9. The number of hydrogen-bond donors (Lipinski definition) is 2. The van der Waals surface area contributed by atoms with E-state index in [9.17, 15) is 19.1 Å². The van der Waals surface area contributed by atoms with Crippen molar-refractivity contribution in [2.75, 3.05) is 7.11 Å². The number of nitrogens with zero attached hydrogens (tertiary/aromatic N) is 1. The first-order valence-electron chi connectivity index (χ1n) is 10.5. The number of benzene rings is 2. The van der Waals surface area contributed by atoms with E-state index >= 15 is 0 Å². The molecule has 2 aromatic carbocycles. The lowest BCUT2D eigenvalue weighted by Gasteiger charge is -2.25. The maximum Gasteiger partial charge on any atom is 0.323 e. The van der Waals surface area contributed by atoms with Gasteiger partial charge in [0.25, 0.3) is 0 Å². The van der Waals surface area contributed by atoms with E-state index in [1.807, 2.05) is 24.3 Å². The molecular formula is C24H24ClFN2O4. The van der Waals surface area contributed by atoms with Gasteiger partial charge in [-0.05, 0) is 55.0 Å². The fraction of sp³-hybridized carbons (Fsp3) is 0.333. The first-order chi connectivity index (χ1) is 15.4. The molecule has 1 heterocycles. The number of carbonyl (C=O) groups is 2. The lowest BCUT2D eigenvalue weighted by Crippen LogP contribution is -2.39. The molecule has 3 aromatic rings. The predicted molar refractivity (Wildman–Crippen MR) is 120 cm³/mol. The summed E-state index contributed by atoms with van der Waals surface area (Å²) in [5, 5.41) is 13.2. The van der Waals surface area contributed by atoms with Crippen molar-refractivity contribution < 1.29 is 23.8 Å². The average Bonchev–Trinajstić information content (AvgIpc) is 3.05. The van der Waals surface area contributed by atoms with Gasteiger partial charge in [-0.15, -0.1) is 0 Å². The van der Waals surface area contributed by atoms with E-state index in [1.54, 1.807) is 11.7 Å². The molecule has 1 atom stereocenters. The first kappa shape index (κ1) is 22.1. The fourth-order valence-electron chi connectivity index (χ4n) is 4.59. The molecule has 32 heavy (non-hydrogen) atoms. The molecule has 1 aliphatic carbocycles. The largest absolute Gasteiger partial charge is 0.496 e. The molecule has 1 aliphatic rings. The molecule has 1 amide bonds. The van der Waals surface area contributed by atoms with Crippen molar-refractivity contribution in [3.63, 3.8) is 0 Å². The monoisotopic (exact) mass is 458 g/mol. The van der Waals surface area contributed by atoms with Crippen LogP contribution in [-0.4, -0.2) is 34.7 Å². The van der Waals surface area contributed by atoms with Crippen LogP contribution < -0.4 is 10.1 Å². The number of ether oxygens (including phenoxy) is 1. The molecule has 8 heteroatoms. The van der Waals surface area contributed by atoms with Gasteiger partial charge >= 0.3 is 5.97 Å². The molecule has 0 spiro atoms. The molecule has 2 N–H and O–H groups in total. The lowest BCUT2D eigenvalue weighted by molar-refractivity contribution is -0.137. The number of amides is 1. The number of carboxylic acids is 1. The SMILES string of the molecule is COc1ccccc1CCC(=O)N[C@@H]1CCc2c(c3cc(F)cc(Cl)c3n2CC(=O)O)C1. The number of aromatic nitrogens is 1. The summed E-state index contributed by atoms with van der Waals surface area (Å²) < 4.78 is 21.1. The number of hydrogen-bond acceptors (Lipinski definition) is 3. The highest BCUT2D eigenvalue weighted by Gasteiger charge is 2.28. The smallest absolute Gasteiger partial charge is 0.323 e. The highest BCUT2D eigenvalue weighted by atomic mass is 35.5. The Morgan fingerprint density at radius 2 is 2.09 bits per heavy atom. The summed E-state index contributed by atoms with van der Waals surface area (Å²) in [6.45, 7) is -0.243. The summed E-state index contributed by atoms with van der Waals surface area (Å²) in [5.74, 6) is -0.770. The van der Waals surface area contributed by atoms with Crippen molar-refractivity contribution >= 4 is 34.4 Å². The second kappa shape index (κ2) is 9.20. The molecule has 6 nitrogen and oxygen atoms in total. The summed E-state index contributed by atoms with van der Waals surface area (Å²) in [7, 11) is 1.61. The van der Waals surface area contributed by atoms with Gasteiger partial charge < -0.3 is 19.7 Å². The van der Waals surface area contributed by atoms with Gasteiger partial charge in [0.15, 0.2) is 0 Å².